The van der Waals surface area contributed by atoms with Crippen LogP contribution in [0.15, 0.2) is 24.5 Å². The van der Waals surface area contributed by atoms with E-state index in [0.717, 1.165) is 30.2 Å². The standard InChI is InChI=1S/C12H18N4/c1-3-9(7-13-2)12-15-8-11(16-12)10-5-4-6-14-10/h4-6,8-9,13-14H,3,7H2,1-2H3,(H,15,16). The van der Waals surface area contributed by atoms with E-state index in [9.17, 15) is 0 Å². The number of imidazole rings is 1. The number of aromatic nitrogens is 3. The Morgan fingerprint density at radius 2 is 2.31 bits per heavy atom. The van der Waals surface area contributed by atoms with Gasteiger partial charge in [-0.25, -0.2) is 4.98 Å². The Bertz CT molecular complexity index is 416. The average molecular weight is 218 g/mol. The third kappa shape index (κ3) is 2.17. The number of rotatable bonds is 5. The van der Waals surface area contributed by atoms with Gasteiger partial charge in [0, 0.05) is 18.7 Å². The summed E-state index contributed by atoms with van der Waals surface area (Å²) in [5.41, 5.74) is 2.13. The highest BCUT2D eigenvalue weighted by molar-refractivity contribution is 5.53. The molecule has 0 spiro atoms. The number of nitrogens with one attached hydrogen (secondary N) is 3. The van der Waals surface area contributed by atoms with E-state index >= 15 is 0 Å². The molecule has 1 unspecified atom stereocenters. The molecule has 0 radical (unpaired) electrons. The summed E-state index contributed by atoms with van der Waals surface area (Å²) in [5, 5.41) is 3.19. The summed E-state index contributed by atoms with van der Waals surface area (Å²) in [6, 6.07) is 4.02. The second-order valence-electron chi connectivity index (χ2n) is 3.93. The highest BCUT2D eigenvalue weighted by atomic mass is 15.0. The topological polar surface area (TPSA) is 56.5 Å². The van der Waals surface area contributed by atoms with Crippen LogP contribution in [0.5, 0.6) is 0 Å². The van der Waals surface area contributed by atoms with E-state index in [1.165, 1.54) is 0 Å². The quantitative estimate of drug-likeness (QED) is 0.720. The summed E-state index contributed by atoms with van der Waals surface area (Å²) in [4.78, 5) is 11.0. The van der Waals surface area contributed by atoms with Gasteiger partial charge in [0.2, 0.25) is 0 Å². The molecule has 0 fully saturated rings. The smallest absolute Gasteiger partial charge is 0.110 e. The van der Waals surface area contributed by atoms with Crippen LogP contribution in [0, 0.1) is 0 Å². The maximum absolute atomic E-state index is 4.45. The second-order valence-corrected chi connectivity index (χ2v) is 3.93. The van der Waals surface area contributed by atoms with E-state index in [-0.39, 0.29) is 0 Å². The van der Waals surface area contributed by atoms with Gasteiger partial charge < -0.3 is 15.3 Å². The van der Waals surface area contributed by atoms with Gasteiger partial charge in [-0.05, 0) is 25.6 Å². The fraction of sp³-hybridized carbons (Fsp3) is 0.417. The van der Waals surface area contributed by atoms with Gasteiger partial charge in [0.25, 0.3) is 0 Å². The fourth-order valence-corrected chi connectivity index (χ4v) is 1.86. The summed E-state index contributed by atoms with van der Waals surface area (Å²) in [7, 11) is 1.97. The lowest BCUT2D eigenvalue weighted by Gasteiger charge is -2.10. The summed E-state index contributed by atoms with van der Waals surface area (Å²) < 4.78 is 0. The van der Waals surface area contributed by atoms with E-state index in [0.29, 0.717) is 5.92 Å². The lowest BCUT2D eigenvalue weighted by Crippen LogP contribution is -2.17. The molecule has 3 N–H and O–H groups in total. The van der Waals surface area contributed by atoms with Crippen LogP contribution in [-0.2, 0) is 0 Å². The first-order chi connectivity index (χ1) is 7.85. The summed E-state index contributed by atoms with van der Waals surface area (Å²) in [6.07, 6.45) is 4.89. The van der Waals surface area contributed by atoms with Crippen LogP contribution in [0.2, 0.25) is 0 Å². The summed E-state index contributed by atoms with van der Waals surface area (Å²) in [6.45, 7) is 3.13. The number of H-pyrrole nitrogens is 2. The molecule has 0 aromatic carbocycles. The Kier molecular flexibility index (Phi) is 3.41. The van der Waals surface area contributed by atoms with Crippen LogP contribution in [0.3, 0.4) is 0 Å². The molecule has 4 heteroatoms. The zero-order valence-corrected chi connectivity index (χ0v) is 9.75. The van der Waals surface area contributed by atoms with Crippen molar-refractivity contribution in [3.63, 3.8) is 0 Å². The van der Waals surface area contributed by atoms with Crippen LogP contribution in [0.25, 0.3) is 11.4 Å². The second kappa shape index (κ2) is 4.99. The fourth-order valence-electron chi connectivity index (χ4n) is 1.86. The van der Waals surface area contributed by atoms with Gasteiger partial charge in [-0.15, -0.1) is 0 Å². The molecular weight excluding hydrogens is 200 g/mol. The van der Waals surface area contributed by atoms with E-state index in [2.05, 4.69) is 27.2 Å². The van der Waals surface area contributed by atoms with Gasteiger partial charge in [0.1, 0.15) is 5.82 Å². The van der Waals surface area contributed by atoms with E-state index in [4.69, 9.17) is 0 Å². The predicted molar refractivity (Wildman–Crippen MR) is 65.3 cm³/mol. The SMILES string of the molecule is CCC(CNC)c1ncc(-c2ccc[nH]2)[nH]1. The minimum atomic E-state index is 0.453. The van der Waals surface area contributed by atoms with Gasteiger partial charge in [0.15, 0.2) is 0 Å². The minimum Gasteiger partial charge on any atom is -0.360 e. The molecule has 2 aromatic heterocycles. The highest BCUT2D eigenvalue weighted by Gasteiger charge is 2.12. The van der Waals surface area contributed by atoms with E-state index < -0.39 is 0 Å². The Balaban J connectivity index is 2.18. The molecule has 2 rings (SSSR count). The number of aromatic amines is 2. The van der Waals surface area contributed by atoms with Crippen molar-refractivity contribution >= 4 is 0 Å². The molecule has 2 heterocycles. The zero-order valence-electron chi connectivity index (χ0n) is 9.75. The summed E-state index contributed by atoms with van der Waals surface area (Å²) >= 11 is 0. The average Bonchev–Trinajstić information content (AvgIpc) is 2.95. The summed E-state index contributed by atoms with van der Waals surface area (Å²) in [5.74, 6) is 1.51. The Hall–Kier alpha value is -1.55. The Morgan fingerprint density at radius 1 is 1.44 bits per heavy atom. The molecule has 0 saturated carbocycles. The van der Waals surface area contributed by atoms with Crippen LogP contribution in [0.4, 0.5) is 0 Å². The van der Waals surface area contributed by atoms with Gasteiger partial charge >= 0.3 is 0 Å². The van der Waals surface area contributed by atoms with Gasteiger partial charge in [-0.2, -0.15) is 0 Å². The predicted octanol–water partition coefficient (Wildman–Crippen LogP) is 2.12. The first kappa shape index (κ1) is 11.0. The maximum Gasteiger partial charge on any atom is 0.110 e. The Labute approximate surface area is 95.5 Å². The maximum atomic E-state index is 4.45. The molecule has 0 aliphatic heterocycles. The number of hydrogen-bond donors (Lipinski definition) is 3. The van der Waals surface area contributed by atoms with Crippen molar-refractivity contribution in [3.05, 3.63) is 30.4 Å². The molecule has 2 aromatic rings. The van der Waals surface area contributed by atoms with Gasteiger partial charge in [0.05, 0.1) is 17.6 Å². The minimum absolute atomic E-state index is 0.453. The number of hydrogen-bond acceptors (Lipinski definition) is 2. The normalized spacial score (nSPS) is 12.9. The van der Waals surface area contributed by atoms with Crippen LogP contribution >= 0.6 is 0 Å². The first-order valence-corrected chi connectivity index (χ1v) is 5.68. The van der Waals surface area contributed by atoms with Crippen molar-refractivity contribution in [1.82, 2.24) is 20.3 Å². The molecule has 1 atom stereocenters. The van der Waals surface area contributed by atoms with Crippen molar-refractivity contribution in [3.8, 4) is 11.4 Å². The lowest BCUT2D eigenvalue weighted by atomic mass is 10.1. The zero-order chi connectivity index (χ0) is 11.4. The molecule has 0 aliphatic rings. The van der Waals surface area contributed by atoms with Crippen LogP contribution < -0.4 is 5.32 Å². The molecule has 0 bridgehead atoms. The van der Waals surface area contributed by atoms with E-state index in [1.54, 1.807) is 0 Å². The largest absolute Gasteiger partial charge is 0.360 e. The molecule has 0 amide bonds. The molecule has 86 valence electrons. The number of nitrogens with zero attached hydrogens (tertiary/aromatic N) is 1. The van der Waals surface area contributed by atoms with Crippen LogP contribution in [-0.4, -0.2) is 28.5 Å². The molecule has 0 saturated heterocycles. The van der Waals surface area contributed by atoms with Crippen molar-refractivity contribution < 1.29 is 0 Å². The molecular formula is C12H18N4. The van der Waals surface area contributed by atoms with Crippen molar-refractivity contribution in [2.75, 3.05) is 13.6 Å². The van der Waals surface area contributed by atoms with Gasteiger partial charge in [-0.1, -0.05) is 6.92 Å². The van der Waals surface area contributed by atoms with Gasteiger partial charge in [-0.3, -0.25) is 0 Å². The van der Waals surface area contributed by atoms with Crippen molar-refractivity contribution in [1.29, 1.82) is 0 Å². The van der Waals surface area contributed by atoms with Crippen molar-refractivity contribution in [2.45, 2.75) is 19.3 Å². The number of likely N-dealkylation sites (N-methyl/N-ethyl adjacent to an activating group) is 1. The van der Waals surface area contributed by atoms with Crippen molar-refractivity contribution in [2.24, 2.45) is 0 Å². The molecule has 4 nitrogen and oxygen atoms in total. The van der Waals surface area contributed by atoms with Crippen LogP contribution in [0.1, 0.15) is 25.1 Å². The Morgan fingerprint density at radius 3 is 2.94 bits per heavy atom. The third-order valence-electron chi connectivity index (χ3n) is 2.81. The first-order valence-electron chi connectivity index (χ1n) is 5.68. The monoisotopic (exact) mass is 218 g/mol. The highest BCUT2D eigenvalue weighted by Crippen LogP contribution is 2.20. The third-order valence-corrected chi connectivity index (χ3v) is 2.81. The molecule has 0 aliphatic carbocycles. The van der Waals surface area contributed by atoms with E-state index in [1.807, 2.05) is 31.6 Å². The lowest BCUT2D eigenvalue weighted by molar-refractivity contribution is 0.586. The molecule has 16 heavy (non-hydrogen) atoms.